The van der Waals surface area contributed by atoms with Crippen LogP contribution in [0.2, 0.25) is 12.1 Å². The van der Waals surface area contributed by atoms with Crippen molar-refractivity contribution in [3.63, 3.8) is 0 Å². The molecule has 0 aromatic heterocycles. The Kier molecular flexibility index (Phi) is 18.1. The molecule has 0 unspecified atom stereocenters. The van der Waals surface area contributed by atoms with Gasteiger partial charge in [-0.3, -0.25) is 0 Å². The number of hydrogen-bond acceptors (Lipinski definition) is 6. The lowest BCUT2D eigenvalue weighted by atomic mass is 10.1. The van der Waals surface area contributed by atoms with E-state index in [1.165, 1.54) is 64.2 Å². The molecule has 0 bridgehead atoms. The van der Waals surface area contributed by atoms with Crippen molar-refractivity contribution in [1.29, 1.82) is 0 Å². The number of rotatable bonds is 21. The molecule has 8 heteroatoms. The first-order valence-electron chi connectivity index (χ1n) is 10.9. The van der Waals surface area contributed by atoms with E-state index in [1.54, 1.807) is 42.7 Å². The molecule has 0 spiro atoms. The molecule has 0 rings (SSSR count). The van der Waals surface area contributed by atoms with Crippen LogP contribution in [0.5, 0.6) is 0 Å². The average molecular weight is 439 g/mol. The van der Waals surface area contributed by atoms with Crippen molar-refractivity contribution in [2.24, 2.45) is 0 Å². The molecule has 0 aliphatic rings. The second-order valence-corrected chi connectivity index (χ2v) is 13.5. The van der Waals surface area contributed by atoms with E-state index in [0.29, 0.717) is 0 Å². The fourth-order valence-corrected chi connectivity index (χ4v) is 7.15. The Hall–Kier alpha value is 0.194. The van der Waals surface area contributed by atoms with Crippen LogP contribution in [0.15, 0.2) is 0 Å². The molecule has 170 valence electrons. The second-order valence-electron chi connectivity index (χ2n) is 7.33. The maximum atomic E-state index is 5.45. The smallest absolute Gasteiger partial charge is 0.377 e. The summed E-state index contributed by atoms with van der Waals surface area (Å²) in [5, 5.41) is 0. The molecular weight excluding hydrogens is 392 g/mol. The summed E-state index contributed by atoms with van der Waals surface area (Å²) in [7, 11) is 5.42. The fraction of sp³-hybridized carbons (Fsp3) is 1.00. The highest BCUT2D eigenvalue weighted by atomic mass is 28.4. The summed E-state index contributed by atoms with van der Waals surface area (Å²) >= 11 is 0. The van der Waals surface area contributed by atoms with Crippen LogP contribution < -0.4 is 0 Å². The predicted octanol–water partition coefficient (Wildman–Crippen LogP) is 5.42. The summed E-state index contributed by atoms with van der Waals surface area (Å²) in [4.78, 5) is 0. The molecule has 0 aliphatic heterocycles. The third kappa shape index (κ3) is 12.0. The van der Waals surface area contributed by atoms with Gasteiger partial charge < -0.3 is 26.6 Å². The first kappa shape index (κ1) is 28.2. The van der Waals surface area contributed by atoms with E-state index in [2.05, 4.69) is 0 Å². The Morgan fingerprint density at radius 2 is 0.500 bits per heavy atom. The van der Waals surface area contributed by atoms with Crippen molar-refractivity contribution >= 4 is 17.6 Å². The van der Waals surface area contributed by atoms with E-state index in [1.807, 2.05) is 0 Å². The summed E-state index contributed by atoms with van der Waals surface area (Å²) in [5.74, 6) is 0. The van der Waals surface area contributed by atoms with E-state index in [0.717, 1.165) is 24.9 Å². The lowest BCUT2D eigenvalue weighted by Gasteiger charge is -2.24. The van der Waals surface area contributed by atoms with Crippen LogP contribution in [-0.4, -0.2) is 60.3 Å². The summed E-state index contributed by atoms with van der Waals surface area (Å²) in [5.41, 5.74) is 0. The van der Waals surface area contributed by atoms with Gasteiger partial charge in [0, 0.05) is 54.7 Å². The lowest BCUT2D eigenvalue weighted by Crippen LogP contribution is -2.42. The molecule has 0 atom stereocenters. The molecule has 28 heavy (non-hydrogen) atoms. The summed E-state index contributed by atoms with van der Waals surface area (Å²) in [6.07, 6.45) is 15.4. The van der Waals surface area contributed by atoms with E-state index >= 15 is 0 Å². The molecule has 0 saturated carbocycles. The summed E-state index contributed by atoms with van der Waals surface area (Å²) in [6.45, 7) is 0. The van der Waals surface area contributed by atoms with Gasteiger partial charge in [0.2, 0.25) is 0 Å². The van der Waals surface area contributed by atoms with Gasteiger partial charge in [0.1, 0.15) is 0 Å². The molecule has 0 aromatic carbocycles. The van der Waals surface area contributed by atoms with Crippen LogP contribution in [0, 0.1) is 0 Å². The van der Waals surface area contributed by atoms with Gasteiger partial charge in [0.25, 0.3) is 0 Å². The van der Waals surface area contributed by atoms with Gasteiger partial charge in [0.05, 0.1) is 0 Å². The summed E-state index contributed by atoms with van der Waals surface area (Å²) in [6, 6.07) is 1.83. The minimum atomic E-state index is -2.35. The van der Waals surface area contributed by atoms with Crippen molar-refractivity contribution in [2.75, 3.05) is 42.7 Å². The maximum absolute atomic E-state index is 5.45. The van der Waals surface area contributed by atoms with Gasteiger partial charge >= 0.3 is 17.6 Å². The van der Waals surface area contributed by atoms with Crippen molar-refractivity contribution in [1.82, 2.24) is 0 Å². The Labute approximate surface area is 176 Å². The molecule has 0 radical (unpaired) electrons. The SMILES string of the molecule is CO[Si](CCCCCCCCCCCCCC[Si](OC)(OC)OC)(OC)OC. The zero-order valence-corrected chi connectivity index (χ0v) is 21.3. The van der Waals surface area contributed by atoms with Gasteiger partial charge in [-0.2, -0.15) is 0 Å². The number of unbranched alkanes of at least 4 members (excludes halogenated alkanes) is 11. The van der Waals surface area contributed by atoms with E-state index in [9.17, 15) is 0 Å². The third-order valence-corrected chi connectivity index (χ3v) is 11.2. The second kappa shape index (κ2) is 18.0. The quantitative estimate of drug-likeness (QED) is 0.176. The first-order valence-corrected chi connectivity index (χ1v) is 14.7. The topological polar surface area (TPSA) is 55.4 Å². The van der Waals surface area contributed by atoms with Gasteiger partial charge in [-0.15, -0.1) is 0 Å². The normalized spacial score (nSPS) is 12.6. The Morgan fingerprint density at radius 1 is 0.321 bits per heavy atom. The van der Waals surface area contributed by atoms with Gasteiger partial charge in [-0.25, -0.2) is 0 Å². The molecule has 0 N–H and O–H groups in total. The zero-order chi connectivity index (χ0) is 21.1. The highest BCUT2D eigenvalue weighted by molar-refractivity contribution is 6.60. The highest BCUT2D eigenvalue weighted by Gasteiger charge is 2.37. The van der Waals surface area contributed by atoms with Crippen LogP contribution in [0.3, 0.4) is 0 Å². The van der Waals surface area contributed by atoms with Crippen LogP contribution in [0.25, 0.3) is 0 Å². The summed E-state index contributed by atoms with van der Waals surface area (Å²) < 4.78 is 32.7. The van der Waals surface area contributed by atoms with Gasteiger partial charge in [-0.1, -0.05) is 64.2 Å². The molecule has 0 saturated heterocycles. The van der Waals surface area contributed by atoms with Gasteiger partial charge in [0.15, 0.2) is 0 Å². The van der Waals surface area contributed by atoms with Crippen molar-refractivity contribution in [3.8, 4) is 0 Å². The zero-order valence-electron chi connectivity index (χ0n) is 19.3. The predicted molar refractivity (Wildman–Crippen MR) is 119 cm³/mol. The monoisotopic (exact) mass is 438 g/mol. The minimum absolute atomic E-state index is 0.916. The van der Waals surface area contributed by atoms with Crippen LogP contribution in [-0.2, 0) is 26.6 Å². The van der Waals surface area contributed by atoms with Crippen LogP contribution >= 0.6 is 0 Å². The molecule has 0 amide bonds. The Bertz CT molecular complexity index is 290. The molecule has 0 fully saturated rings. The largest absolute Gasteiger partial charge is 0.500 e. The van der Waals surface area contributed by atoms with Gasteiger partial charge in [-0.05, 0) is 12.8 Å². The molecule has 0 aromatic rings. The fourth-order valence-electron chi connectivity index (χ4n) is 3.56. The van der Waals surface area contributed by atoms with Crippen molar-refractivity contribution in [2.45, 2.75) is 89.1 Å². The molecule has 0 aliphatic carbocycles. The van der Waals surface area contributed by atoms with Crippen molar-refractivity contribution < 1.29 is 26.6 Å². The minimum Gasteiger partial charge on any atom is -0.377 e. The first-order chi connectivity index (χ1) is 13.6. The van der Waals surface area contributed by atoms with Crippen LogP contribution in [0.4, 0.5) is 0 Å². The van der Waals surface area contributed by atoms with E-state index in [4.69, 9.17) is 26.6 Å². The maximum Gasteiger partial charge on any atom is 0.500 e. The standard InChI is InChI=1S/C20H46O6Si2/c1-21-27(22-2,23-3)19-17-15-13-11-9-7-8-10-12-14-16-18-20-28(24-4,25-5)26-6/h7-20H2,1-6H3. The molecular formula is C20H46O6Si2. The van der Waals surface area contributed by atoms with E-state index in [-0.39, 0.29) is 0 Å². The van der Waals surface area contributed by atoms with Crippen LogP contribution in [0.1, 0.15) is 77.0 Å². The Morgan fingerprint density at radius 3 is 0.679 bits per heavy atom. The average Bonchev–Trinajstić information content (AvgIpc) is 2.75. The lowest BCUT2D eigenvalue weighted by molar-refractivity contribution is 0.122. The molecule has 0 heterocycles. The third-order valence-electron chi connectivity index (χ3n) is 5.58. The number of hydrogen-bond donors (Lipinski definition) is 0. The Balaban J connectivity index is 3.43. The molecule has 6 nitrogen and oxygen atoms in total. The van der Waals surface area contributed by atoms with E-state index < -0.39 is 17.6 Å². The van der Waals surface area contributed by atoms with Crippen molar-refractivity contribution in [3.05, 3.63) is 0 Å². The highest BCUT2D eigenvalue weighted by Crippen LogP contribution is 2.20.